The summed E-state index contributed by atoms with van der Waals surface area (Å²) in [5, 5.41) is 21.1. The van der Waals surface area contributed by atoms with Crippen LogP contribution in [0.4, 0.5) is 0 Å². The number of carbonyl (C=O) groups is 2. The second-order valence-corrected chi connectivity index (χ2v) is 11.5. The Morgan fingerprint density at radius 3 is 2.23 bits per heavy atom. The van der Waals surface area contributed by atoms with Gasteiger partial charge < -0.3 is 25.0 Å². The van der Waals surface area contributed by atoms with Crippen LogP contribution >= 0.6 is 11.8 Å². The van der Waals surface area contributed by atoms with Gasteiger partial charge in [-0.3, -0.25) is 9.59 Å². The first-order valence-corrected chi connectivity index (χ1v) is 15.3. The molecule has 1 amide bonds. The van der Waals surface area contributed by atoms with Crippen molar-refractivity contribution in [2.75, 3.05) is 5.75 Å². The highest BCUT2D eigenvalue weighted by Crippen LogP contribution is 2.40. The molecule has 4 aromatic carbocycles. The van der Waals surface area contributed by atoms with Gasteiger partial charge in [-0.25, -0.2) is 0 Å². The molecule has 5 rings (SSSR count). The van der Waals surface area contributed by atoms with Crippen LogP contribution in [0.1, 0.15) is 53.9 Å². The second-order valence-electron chi connectivity index (χ2n) is 10.4. The molecule has 1 aliphatic heterocycles. The molecule has 1 fully saturated rings. The first kappa shape index (κ1) is 30.5. The number of carboxylic acids is 1. The number of carboxylic acid groups (broad SMARTS) is 1. The zero-order chi connectivity index (χ0) is 30.0. The van der Waals surface area contributed by atoms with Gasteiger partial charge in [-0.1, -0.05) is 91.0 Å². The van der Waals surface area contributed by atoms with Crippen LogP contribution in [0.3, 0.4) is 0 Å². The van der Waals surface area contributed by atoms with Crippen molar-refractivity contribution in [1.82, 2.24) is 5.32 Å². The molecule has 43 heavy (non-hydrogen) atoms. The van der Waals surface area contributed by atoms with Crippen LogP contribution in [-0.4, -0.2) is 33.9 Å². The van der Waals surface area contributed by atoms with E-state index in [1.165, 1.54) is 4.90 Å². The molecule has 3 N–H and O–H groups in total. The third-order valence-electron chi connectivity index (χ3n) is 7.35. The van der Waals surface area contributed by atoms with Crippen molar-refractivity contribution in [2.45, 2.75) is 55.8 Å². The molecule has 7 nitrogen and oxygen atoms in total. The normalized spacial score (nSPS) is 18.2. The van der Waals surface area contributed by atoms with E-state index in [1.54, 1.807) is 11.8 Å². The molecule has 1 saturated heterocycles. The average Bonchev–Trinajstić information content (AvgIpc) is 3.06. The van der Waals surface area contributed by atoms with E-state index in [9.17, 15) is 14.7 Å². The summed E-state index contributed by atoms with van der Waals surface area (Å²) in [4.78, 5) is 24.1. The minimum Gasteiger partial charge on any atom is -0.481 e. The van der Waals surface area contributed by atoms with E-state index in [1.807, 2.05) is 91.0 Å². The number of ether oxygens (including phenoxy) is 2. The van der Waals surface area contributed by atoms with Gasteiger partial charge in [0.1, 0.15) is 0 Å². The quantitative estimate of drug-likeness (QED) is 0.157. The van der Waals surface area contributed by atoms with Crippen LogP contribution in [0.25, 0.3) is 11.1 Å². The standard InChI is InChI=1S/C35H35NO6S/c37-22-24-10-12-26(13-11-24)32-20-29(23-43-30-7-2-1-3-8-30)41-35(42-32)27-16-14-25(15-17-27)31-9-5-4-6-28(31)21-36-33(38)18-19-34(39)40/h1-17,29,32,35,37H,18-23H2,(H,36,38)(H,39,40)/t29-,32+,35+/m0/s1. The number of hydrogen-bond donors (Lipinski definition) is 3. The highest BCUT2D eigenvalue weighted by Gasteiger charge is 2.32. The van der Waals surface area contributed by atoms with E-state index < -0.39 is 12.3 Å². The molecule has 0 aliphatic carbocycles. The van der Waals surface area contributed by atoms with Gasteiger partial charge >= 0.3 is 5.97 Å². The van der Waals surface area contributed by atoms with E-state index in [2.05, 4.69) is 17.4 Å². The summed E-state index contributed by atoms with van der Waals surface area (Å²) in [6.07, 6.45) is -0.255. The molecule has 0 aromatic heterocycles. The van der Waals surface area contributed by atoms with Gasteiger partial charge in [0.15, 0.2) is 6.29 Å². The molecular weight excluding hydrogens is 562 g/mol. The van der Waals surface area contributed by atoms with Crippen molar-refractivity contribution < 1.29 is 29.3 Å². The Balaban J connectivity index is 1.31. The molecule has 3 atom stereocenters. The zero-order valence-electron chi connectivity index (χ0n) is 23.7. The maximum atomic E-state index is 12.1. The number of thioether (sulfide) groups is 1. The van der Waals surface area contributed by atoms with Crippen molar-refractivity contribution in [3.63, 3.8) is 0 Å². The van der Waals surface area contributed by atoms with Gasteiger partial charge in [-0.05, 0) is 39.9 Å². The fourth-order valence-corrected chi connectivity index (χ4v) is 5.95. The predicted molar refractivity (Wildman–Crippen MR) is 166 cm³/mol. The van der Waals surface area contributed by atoms with E-state index >= 15 is 0 Å². The lowest BCUT2D eigenvalue weighted by Gasteiger charge is -2.36. The lowest BCUT2D eigenvalue weighted by molar-refractivity contribution is -0.245. The third kappa shape index (κ3) is 8.55. The highest BCUT2D eigenvalue weighted by atomic mass is 32.2. The Morgan fingerprint density at radius 2 is 1.51 bits per heavy atom. The third-order valence-corrected chi connectivity index (χ3v) is 8.49. The lowest BCUT2D eigenvalue weighted by atomic mass is 9.97. The van der Waals surface area contributed by atoms with Crippen LogP contribution < -0.4 is 5.32 Å². The molecule has 1 heterocycles. The Kier molecular flexibility index (Phi) is 10.6. The monoisotopic (exact) mass is 597 g/mol. The fraction of sp³-hybridized carbons (Fsp3) is 0.257. The van der Waals surface area contributed by atoms with Gasteiger partial charge in [0.05, 0.1) is 25.2 Å². The maximum Gasteiger partial charge on any atom is 0.303 e. The molecule has 8 heteroatoms. The van der Waals surface area contributed by atoms with Gasteiger partial charge in [-0.15, -0.1) is 11.8 Å². The van der Waals surface area contributed by atoms with Gasteiger partial charge in [0.2, 0.25) is 5.91 Å². The Labute approximate surface area is 255 Å². The summed E-state index contributed by atoms with van der Waals surface area (Å²) in [6, 6.07) is 34.1. The molecule has 4 aromatic rings. The summed E-state index contributed by atoms with van der Waals surface area (Å²) < 4.78 is 13.0. The van der Waals surface area contributed by atoms with Crippen LogP contribution in [-0.2, 0) is 32.2 Å². The number of aliphatic hydroxyl groups excluding tert-OH is 1. The van der Waals surface area contributed by atoms with E-state index in [0.29, 0.717) is 6.54 Å². The minimum absolute atomic E-state index is 0.000447. The fourth-order valence-electron chi connectivity index (χ4n) is 5.01. The Bertz CT molecular complexity index is 1490. The summed E-state index contributed by atoms with van der Waals surface area (Å²) in [6.45, 7) is 0.309. The van der Waals surface area contributed by atoms with E-state index in [0.717, 1.165) is 45.6 Å². The molecule has 0 unspecified atom stereocenters. The molecule has 1 aliphatic rings. The topological polar surface area (TPSA) is 105 Å². The smallest absolute Gasteiger partial charge is 0.303 e. The van der Waals surface area contributed by atoms with Gasteiger partial charge in [0, 0.05) is 35.6 Å². The predicted octanol–water partition coefficient (Wildman–Crippen LogP) is 6.66. The number of carbonyl (C=O) groups excluding carboxylic acids is 1. The molecule has 0 radical (unpaired) electrons. The Morgan fingerprint density at radius 1 is 0.814 bits per heavy atom. The van der Waals surface area contributed by atoms with E-state index in [-0.39, 0.29) is 37.6 Å². The molecule has 0 saturated carbocycles. The maximum absolute atomic E-state index is 12.1. The van der Waals surface area contributed by atoms with E-state index in [4.69, 9.17) is 14.6 Å². The van der Waals surface area contributed by atoms with Gasteiger partial charge in [0.25, 0.3) is 0 Å². The zero-order valence-corrected chi connectivity index (χ0v) is 24.5. The average molecular weight is 598 g/mol. The van der Waals surface area contributed by atoms with Crippen molar-refractivity contribution in [2.24, 2.45) is 0 Å². The van der Waals surface area contributed by atoms with Crippen molar-refractivity contribution in [3.8, 4) is 11.1 Å². The molecule has 0 spiro atoms. The molecular formula is C35H35NO6S. The minimum atomic E-state index is -0.992. The first-order valence-electron chi connectivity index (χ1n) is 14.3. The van der Waals surface area contributed by atoms with Crippen LogP contribution in [0.15, 0.2) is 108 Å². The van der Waals surface area contributed by atoms with Crippen molar-refractivity contribution >= 4 is 23.6 Å². The number of hydrogen-bond acceptors (Lipinski definition) is 6. The van der Waals surface area contributed by atoms with Gasteiger partial charge in [-0.2, -0.15) is 0 Å². The number of aliphatic hydroxyl groups is 1. The summed E-state index contributed by atoms with van der Waals surface area (Å²) in [5.74, 6) is -0.493. The molecule has 0 bridgehead atoms. The molecule has 222 valence electrons. The SMILES string of the molecule is O=C(O)CCC(=O)NCc1ccccc1-c1ccc([C@@H]2O[C@H](CSc3ccccc3)C[C@H](c3ccc(CO)cc3)O2)cc1. The summed E-state index contributed by atoms with van der Waals surface area (Å²) in [7, 11) is 0. The van der Waals surface area contributed by atoms with Crippen molar-refractivity contribution in [1.29, 1.82) is 0 Å². The second kappa shape index (κ2) is 15.0. The number of amides is 1. The summed E-state index contributed by atoms with van der Waals surface area (Å²) in [5.41, 5.74) is 5.73. The number of nitrogens with one attached hydrogen (secondary N) is 1. The Hall–Kier alpha value is -3.95. The number of benzene rings is 4. The van der Waals surface area contributed by atoms with Crippen LogP contribution in [0.2, 0.25) is 0 Å². The number of aliphatic carboxylic acids is 1. The summed E-state index contributed by atoms with van der Waals surface area (Å²) >= 11 is 1.77. The number of rotatable bonds is 12. The van der Waals surface area contributed by atoms with Crippen LogP contribution in [0, 0.1) is 0 Å². The van der Waals surface area contributed by atoms with Crippen molar-refractivity contribution in [3.05, 3.63) is 125 Å². The first-order chi connectivity index (χ1) is 21.0. The largest absolute Gasteiger partial charge is 0.481 e. The lowest BCUT2D eigenvalue weighted by Crippen LogP contribution is -2.31. The van der Waals surface area contributed by atoms with Crippen LogP contribution in [0.5, 0.6) is 0 Å². The highest BCUT2D eigenvalue weighted by molar-refractivity contribution is 7.99.